The van der Waals surface area contributed by atoms with Crippen LogP contribution in [0.25, 0.3) is 11.0 Å². The third-order valence-electron chi connectivity index (χ3n) is 2.17. The molecule has 0 bridgehead atoms. The van der Waals surface area contributed by atoms with Gasteiger partial charge >= 0.3 is 0 Å². The lowest BCUT2D eigenvalue weighted by Crippen LogP contribution is -1.88. The van der Waals surface area contributed by atoms with Crippen molar-refractivity contribution in [2.75, 3.05) is 0 Å². The average molecular weight is 160 g/mol. The molecule has 0 saturated heterocycles. The molecule has 0 N–H and O–H groups in total. The van der Waals surface area contributed by atoms with E-state index in [2.05, 4.69) is 24.0 Å². The number of hydrogen-bond acceptors (Lipinski definition) is 1. The van der Waals surface area contributed by atoms with Crippen LogP contribution in [-0.2, 0) is 13.5 Å². The summed E-state index contributed by atoms with van der Waals surface area (Å²) in [5.74, 6) is 0. The van der Waals surface area contributed by atoms with Gasteiger partial charge in [-0.3, -0.25) is 0 Å². The third-order valence-corrected chi connectivity index (χ3v) is 2.17. The van der Waals surface area contributed by atoms with Crippen molar-refractivity contribution in [3.8, 4) is 0 Å². The molecule has 2 aromatic rings. The second kappa shape index (κ2) is 2.63. The van der Waals surface area contributed by atoms with Gasteiger partial charge in [-0.2, -0.15) is 0 Å². The van der Waals surface area contributed by atoms with Crippen molar-refractivity contribution in [2.45, 2.75) is 13.3 Å². The highest BCUT2D eigenvalue weighted by atomic mass is 15.0. The molecule has 2 rings (SSSR count). The van der Waals surface area contributed by atoms with Gasteiger partial charge in [-0.25, -0.2) is 4.98 Å². The number of nitrogens with zero attached hydrogens (tertiary/aromatic N) is 2. The number of pyridine rings is 1. The van der Waals surface area contributed by atoms with Crippen LogP contribution in [0.15, 0.2) is 24.5 Å². The molecule has 0 amide bonds. The van der Waals surface area contributed by atoms with Crippen LogP contribution in [0.4, 0.5) is 0 Å². The SMILES string of the molecule is CCc1cnc2c(ccn2C)c1. The molecule has 0 aliphatic carbocycles. The molecule has 0 atom stereocenters. The lowest BCUT2D eigenvalue weighted by Gasteiger charge is -1.97. The zero-order chi connectivity index (χ0) is 8.55. The van der Waals surface area contributed by atoms with Crippen molar-refractivity contribution in [3.05, 3.63) is 30.1 Å². The molecule has 0 saturated carbocycles. The van der Waals surface area contributed by atoms with Gasteiger partial charge in [-0.15, -0.1) is 0 Å². The molecule has 2 heterocycles. The third kappa shape index (κ3) is 0.998. The highest BCUT2D eigenvalue weighted by Gasteiger charge is 1.98. The molecule has 0 spiro atoms. The molecule has 0 aliphatic heterocycles. The Kier molecular flexibility index (Phi) is 1.61. The monoisotopic (exact) mass is 160 g/mol. The summed E-state index contributed by atoms with van der Waals surface area (Å²) in [6, 6.07) is 4.30. The van der Waals surface area contributed by atoms with Crippen molar-refractivity contribution in [1.29, 1.82) is 0 Å². The number of rotatable bonds is 1. The second-order valence-corrected chi connectivity index (χ2v) is 3.04. The number of fused-ring (bicyclic) bond motifs is 1. The normalized spacial score (nSPS) is 10.8. The van der Waals surface area contributed by atoms with Gasteiger partial charge in [0.15, 0.2) is 0 Å². The fourth-order valence-electron chi connectivity index (χ4n) is 1.39. The standard InChI is InChI=1S/C10H12N2/c1-3-8-6-9-4-5-12(2)10(9)11-7-8/h4-7H,3H2,1-2H3. The summed E-state index contributed by atoms with van der Waals surface area (Å²) >= 11 is 0. The Morgan fingerprint density at radius 3 is 3.08 bits per heavy atom. The van der Waals surface area contributed by atoms with Gasteiger partial charge < -0.3 is 4.57 Å². The first kappa shape index (κ1) is 7.35. The highest BCUT2D eigenvalue weighted by molar-refractivity contribution is 5.76. The van der Waals surface area contributed by atoms with Crippen LogP contribution in [-0.4, -0.2) is 9.55 Å². The Balaban J connectivity index is 2.69. The summed E-state index contributed by atoms with van der Waals surface area (Å²) in [7, 11) is 2.01. The van der Waals surface area contributed by atoms with E-state index in [4.69, 9.17) is 0 Å². The minimum absolute atomic E-state index is 1.05. The van der Waals surface area contributed by atoms with Gasteiger partial charge in [0.25, 0.3) is 0 Å². The first-order valence-corrected chi connectivity index (χ1v) is 4.21. The zero-order valence-corrected chi connectivity index (χ0v) is 7.41. The molecule has 2 aromatic heterocycles. The zero-order valence-electron chi connectivity index (χ0n) is 7.41. The highest BCUT2D eigenvalue weighted by Crippen LogP contribution is 2.13. The molecule has 0 fully saturated rings. The van der Waals surface area contributed by atoms with E-state index in [0.29, 0.717) is 0 Å². The van der Waals surface area contributed by atoms with Crippen LogP contribution in [0.2, 0.25) is 0 Å². The summed E-state index contributed by atoms with van der Waals surface area (Å²) in [6.07, 6.45) is 5.04. The van der Waals surface area contributed by atoms with Gasteiger partial charge in [-0.1, -0.05) is 6.92 Å². The van der Waals surface area contributed by atoms with Crippen molar-refractivity contribution >= 4 is 11.0 Å². The van der Waals surface area contributed by atoms with Crippen molar-refractivity contribution in [2.24, 2.45) is 7.05 Å². The van der Waals surface area contributed by atoms with Crippen molar-refractivity contribution in [3.63, 3.8) is 0 Å². The maximum Gasteiger partial charge on any atom is 0.139 e. The quantitative estimate of drug-likeness (QED) is 0.625. The molecule has 0 aromatic carbocycles. The van der Waals surface area contributed by atoms with E-state index in [-0.39, 0.29) is 0 Å². The fourth-order valence-corrected chi connectivity index (χ4v) is 1.39. The summed E-state index contributed by atoms with van der Waals surface area (Å²) in [5, 5.41) is 1.23. The first-order valence-electron chi connectivity index (χ1n) is 4.21. The average Bonchev–Trinajstić information content (AvgIpc) is 2.47. The summed E-state index contributed by atoms with van der Waals surface area (Å²) in [5.41, 5.74) is 2.36. The van der Waals surface area contributed by atoms with Crippen molar-refractivity contribution in [1.82, 2.24) is 9.55 Å². The lowest BCUT2D eigenvalue weighted by atomic mass is 10.2. The van der Waals surface area contributed by atoms with E-state index in [9.17, 15) is 0 Å². The summed E-state index contributed by atoms with van der Waals surface area (Å²) in [4.78, 5) is 4.37. The van der Waals surface area contributed by atoms with Crippen molar-refractivity contribution < 1.29 is 0 Å². The number of hydrogen-bond donors (Lipinski definition) is 0. The van der Waals surface area contributed by atoms with E-state index in [1.807, 2.05) is 24.0 Å². The largest absolute Gasteiger partial charge is 0.336 e. The fraction of sp³-hybridized carbons (Fsp3) is 0.300. The van der Waals surface area contributed by atoms with Gasteiger partial charge in [0.05, 0.1) is 0 Å². The van der Waals surface area contributed by atoms with E-state index in [1.54, 1.807) is 0 Å². The van der Waals surface area contributed by atoms with E-state index < -0.39 is 0 Å². The molecule has 0 unspecified atom stereocenters. The first-order chi connectivity index (χ1) is 5.81. The smallest absolute Gasteiger partial charge is 0.139 e. The van der Waals surface area contributed by atoms with E-state index >= 15 is 0 Å². The lowest BCUT2D eigenvalue weighted by molar-refractivity contribution is 0.945. The Morgan fingerprint density at radius 2 is 2.33 bits per heavy atom. The molecule has 2 heteroatoms. The Bertz CT molecular complexity index is 401. The van der Waals surface area contributed by atoms with Crippen LogP contribution >= 0.6 is 0 Å². The van der Waals surface area contributed by atoms with Gasteiger partial charge in [0.1, 0.15) is 5.65 Å². The Labute approximate surface area is 71.8 Å². The molecule has 0 radical (unpaired) electrons. The maximum absolute atomic E-state index is 4.37. The maximum atomic E-state index is 4.37. The molecule has 12 heavy (non-hydrogen) atoms. The predicted octanol–water partition coefficient (Wildman–Crippen LogP) is 2.14. The molecule has 62 valence electrons. The number of aryl methyl sites for hydroxylation is 2. The number of aromatic nitrogens is 2. The summed E-state index contributed by atoms with van der Waals surface area (Å²) in [6.45, 7) is 2.14. The van der Waals surface area contributed by atoms with Crippen LogP contribution in [0.3, 0.4) is 0 Å². The van der Waals surface area contributed by atoms with Crippen LogP contribution < -0.4 is 0 Å². The minimum atomic E-state index is 1.05. The van der Waals surface area contributed by atoms with Gasteiger partial charge in [0, 0.05) is 24.8 Å². The van der Waals surface area contributed by atoms with Gasteiger partial charge in [0.2, 0.25) is 0 Å². The minimum Gasteiger partial charge on any atom is -0.336 e. The van der Waals surface area contributed by atoms with Crippen LogP contribution in [0.5, 0.6) is 0 Å². The Hall–Kier alpha value is -1.31. The Morgan fingerprint density at radius 1 is 1.50 bits per heavy atom. The topological polar surface area (TPSA) is 17.8 Å². The van der Waals surface area contributed by atoms with Crippen LogP contribution in [0, 0.1) is 0 Å². The second-order valence-electron chi connectivity index (χ2n) is 3.04. The van der Waals surface area contributed by atoms with E-state index in [1.165, 1.54) is 10.9 Å². The summed E-state index contributed by atoms with van der Waals surface area (Å²) < 4.78 is 2.04. The van der Waals surface area contributed by atoms with Gasteiger partial charge in [-0.05, 0) is 24.1 Å². The molecule has 2 nitrogen and oxygen atoms in total. The van der Waals surface area contributed by atoms with E-state index in [0.717, 1.165) is 12.1 Å². The predicted molar refractivity (Wildman–Crippen MR) is 50.1 cm³/mol. The van der Waals surface area contributed by atoms with Crippen LogP contribution in [0.1, 0.15) is 12.5 Å². The molecular formula is C10H12N2. The molecular weight excluding hydrogens is 148 g/mol. The molecule has 0 aliphatic rings.